The van der Waals surface area contributed by atoms with Gasteiger partial charge in [-0.1, -0.05) is 29.3 Å². The number of hydrogen-bond donors (Lipinski definition) is 0. The van der Waals surface area contributed by atoms with E-state index in [4.69, 9.17) is 37.5 Å². The quantitative estimate of drug-likeness (QED) is 0.744. The highest BCUT2D eigenvalue weighted by Gasteiger charge is 2.52. The molecule has 2 aliphatic heterocycles. The van der Waals surface area contributed by atoms with Crippen LogP contribution in [0.25, 0.3) is 5.57 Å². The van der Waals surface area contributed by atoms with Gasteiger partial charge >= 0.3 is 11.9 Å². The normalized spacial score (nSPS) is 20.1. The summed E-state index contributed by atoms with van der Waals surface area (Å²) in [4.78, 5) is 29.5. The number of hydrogen-bond acceptors (Lipinski definition) is 6. The van der Waals surface area contributed by atoms with Gasteiger partial charge in [-0.25, -0.2) is 4.79 Å². The van der Waals surface area contributed by atoms with Gasteiger partial charge in [0.25, 0.3) is 0 Å². The topological polar surface area (TPSA) is 65.1 Å². The number of nitrogens with zero attached hydrogens (tertiary/aromatic N) is 1. The van der Waals surface area contributed by atoms with Crippen LogP contribution in [0.1, 0.15) is 25.3 Å². The Labute approximate surface area is 155 Å². The van der Waals surface area contributed by atoms with Gasteiger partial charge in [-0.15, -0.1) is 0 Å². The molecule has 6 nitrogen and oxygen atoms in total. The molecule has 25 heavy (non-hydrogen) atoms. The number of carbonyl (C=O) groups excluding carboxylic acids is 2. The average Bonchev–Trinajstić information content (AvgIpc) is 2.80. The second kappa shape index (κ2) is 6.96. The molecule has 0 unspecified atom stereocenters. The van der Waals surface area contributed by atoms with Gasteiger partial charge in [-0.2, -0.15) is 5.06 Å². The van der Waals surface area contributed by atoms with Gasteiger partial charge in [0, 0.05) is 43.4 Å². The van der Waals surface area contributed by atoms with Crippen LogP contribution in [0.5, 0.6) is 0 Å². The molecule has 1 fully saturated rings. The van der Waals surface area contributed by atoms with E-state index in [2.05, 4.69) is 0 Å². The minimum absolute atomic E-state index is 0.169. The van der Waals surface area contributed by atoms with E-state index in [0.29, 0.717) is 36.5 Å². The number of halogens is 2. The van der Waals surface area contributed by atoms with Crippen LogP contribution in [0.4, 0.5) is 0 Å². The molecular formula is C17H17Cl2NO5. The standard InChI is InChI=1S/C17H17Cl2NO5/c1-10(21)24-15-14(12-4-3-11(18)9-13(12)19)16(22)25-17(15)5-7-20(23-2)8-6-17/h3-4,9H,5-8H2,1-2H3. The molecule has 134 valence electrons. The smallest absolute Gasteiger partial charge is 0.343 e. The third kappa shape index (κ3) is 3.40. The van der Waals surface area contributed by atoms with Crippen LogP contribution in [0.15, 0.2) is 24.0 Å². The lowest BCUT2D eigenvalue weighted by molar-refractivity contribution is -0.185. The lowest BCUT2D eigenvalue weighted by Crippen LogP contribution is -2.46. The number of piperidine rings is 1. The lowest BCUT2D eigenvalue weighted by atomic mass is 9.88. The molecule has 1 saturated heterocycles. The van der Waals surface area contributed by atoms with Crippen molar-refractivity contribution in [3.8, 4) is 0 Å². The number of benzene rings is 1. The van der Waals surface area contributed by atoms with E-state index >= 15 is 0 Å². The number of rotatable bonds is 3. The van der Waals surface area contributed by atoms with Gasteiger partial charge in [0.05, 0.1) is 12.1 Å². The first-order valence-electron chi connectivity index (χ1n) is 7.77. The SMILES string of the molecule is CON1CCC2(CC1)OC(=O)C(c1ccc(Cl)cc1Cl)=C2OC(C)=O. The van der Waals surface area contributed by atoms with Crippen LogP contribution in [0.2, 0.25) is 10.0 Å². The van der Waals surface area contributed by atoms with E-state index < -0.39 is 17.5 Å². The highest BCUT2D eigenvalue weighted by molar-refractivity contribution is 6.37. The van der Waals surface area contributed by atoms with Crippen LogP contribution in [-0.4, -0.2) is 42.8 Å². The molecular weight excluding hydrogens is 369 g/mol. The zero-order valence-corrected chi connectivity index (χ0v) is 15.3. The minimum atomic E-state index is -0.990. The highest BCUT2D eigenvalue weighted by atomic mass is 35.5. The summed E-state index contributed by atoms with van der Waals surface area (Å²) >= 11 is 12.2. The summed E-state index contributed by atoms with van der Waals surface area (Å²) in [6, 6.07) is 4.77. The maximum absolute atomic E-state index is 12.6. The van der Waals surface area contributed by atoms with Crippen molar-refractivity contribution < 1.29 is 23.9 Å². The second-order valence-electron chi connectivity index (χ2n) is 5.92. The van der Waals surface area contributed by atoms with Crippen molar-refractivity contribution in [2.45, 2.75) is 25.4 Å². The average molecular weight is 386 g/mol. The predicted octanol–water partition coefficient (Wildman–Crippen LogP) is 3.22. The van der Waals surface area contributed by atoms with Crippen molar-refractivity contribution in [1.82, 2.24) is 5.06 Å². The van der Waals surface area contributed by atoms with Crippen molar-refractivity contribution in [3.05, 3.63) is 39.6 Å². The molecule has 0 amide bonds. The Kier molecular flexibility index (Phi) is 5.06. The van der Waals surface area contributed by atoms with Crippen molar-refractivity contribution >= 4 is 40.7 Å². The van der Waals surface area contributed by atoms with E-state index in [0.717, 1.165) is 0 Å². The third-order valence-corrected chi connectivity index (χ3v) is 4.92. The Morgan fingerprint density at radius 1 is 1.28 bits per heavy atom. The molecule has 0 atom stereocenters. The van der Waals surface area contributed by atoms with Gasteiger partial charge in [-0.3, -0.25) is 4.79 Å². The predicted molar refractivity (Wildman–Crippen MR) is 91.8 cm³/mol. The molecule has 0 saturated carbocycles. The van der Waals surface area contributed by atoms with E-state index in [1.165, 1.54) is 13.0 Å². The molecule has 0 aliphatic carbocycles. The molecule has 1 aromatic rings. The fraction of sp³-hybridized carbons (Fsp3) is 0.412. The number of esters is 2. The summed E-state index contributed by atoms with van der Waals surface area (Å²) in [6.07, 6.45) is 0.897. The molecule has 2 heterocycles. The zero-order chi connectivity index (χ0) is 18.2. The highest BCUT2D eigenvalue weighted by Crippen LogP contribution is 2.46. The molecule has 1 aromatic carbocycles. The molecule has 0 bridgehead atoms. The number of ether oxygens (including phenoxy) is 2. The van der Waals surface area contributed by atoms with Crippen LogP contribution in [-0.2, 0) is 23.9 Å². The van der Waals surface area contributed by atoms with E-state index in [9.17, 15) is 9.59 Å². The first-order valence-corrected chi connectivity index (χ1v) is 8.53. The number of hydroxylamine groups is 2. The van der Waals surface area contributed by atoms with Crippen molar-refractivity contribution in [2.24, 2.45) is 0 Å². The van der Waals surface area contributed by atoms with Crippen molar-refractivity contribution in [1.29, 1.82) is 0 Å². The van der Waals surface area contributed by atoms with E-state index in [1.54, 1.807) is 24.3 Å². The summed E-state index contributed by atoms with van der Waals surface area (Å²) in [7, 11) is 1.58. The first kappa shape index (κ1) is 18.2. The summed E-state index contributed by atoms with van der Waals surface area (Å²) in [5.41, 5.74) is -0.392. The largest absolute Gasteiger partial charge is 0.447 e. The summed E-state index contributed by atoms with van der Waals surface area (Å²) in [6.45, 7) is 2.36. The van der Waals surface area contributed by atoms with Gasteiger partial charge in [0.2, 0.25) is 0 Å². The van der Waals surface area contributed by atoms with Crippen LogP contribution >= 0.6 is 23.2 Å². The lowest BCUT2D eigenvalue weighted by Gasteiger charge is -2.37. The Hall–Kier alpha value is -1.60. The van der Waals surface area contributed by atoms with Gasteiger partial charge < -0.3 is 14.3 Å². The van der Waals surface area contributed by atoms with Gasteiger partial charge in [-0.05, 0) is 12.1 Å². The minimum Gasteiger partial charge on any atom is -0.447 e. The Bertz CT molecular complexity index is 753. The first-order chi connectivity index (χ1) is 11.9. The van der Waals surface area contributed by atoms with Crippen LogP contribution in [0, 0.1) is 0 Å². The van der Waals surface area contributed by atoms with E-state index in [1.807, 2.05) is 0 Å². The Balaban J connectivity index is 2.09. The van der Waals surface area contributed by atoms with Crippen molar-refractivity contribution in [3.63, 3.8) is 0 Å². The maximum atomic E-state index is 12.6. The van der Waals surface area contributed by atoms with E-state index in [-0.39, 0.29) is 16.4 Å². The number of carbonyl (C=O) groups is 2. The molecule has 0 aromatic heterocycles. The van der Waals surface area contributed by atoms with Gasteiger partial charge in [0.1, 0.15) is 5.57 Å². The fourth-order valence-corrected chi connectivity index (χ4v) is 3.67. The maximum Gasteiger partial charge on any atom is 0.343 e. The monoisotopic (exact) mass is 385 g/mol. The zero-order valence-electron chi connectivity index (χ0n) is 13.8. The molecule has 0 N–H and O–H groups in total. The van der Waals surface area contributed by atoms with Gasteiger partial charge in [0.15, 0.2) is 11.4 Å². The fourth-order valence-electron chi connectivity index (χ4n) is 3.17. The van der Waals surface area contributed by atoms with Crippen molar-refractivity contribution in [2.75, 3.05) is 20.2 Å². The second-order valence-corrected chi connectivity index (χ2v) is 6.76. The molecule has 3 rings (SSSR count). The van der Waals surface area contributed by atoms with Crippen LogP contribution in [0.3, 0.4) is 0 Å². The summed E-state index contributed by atoms with van der Waals surface area (Å²) in [5, 5.41) is 2.49. The third-order valence-electron chi connectivity index (χ3n) is 4.37. The molecule has 2 aliphatic rings. The molecule has 1 spiro atoms. The molecule has 0 radical (unpaired) electrons. The summed E-state index contributed by atoms with van der Waals surface area (Å²) < 4.78 is 11.1. The Morgan fingerprint density at radius 2 is 1.96 bits per heavy atom. The summed E-state index contributed by atoms with van der Waals surface area (Å²) in [5.74, 6) is -0.874. The van der Waals surface area contributed by atoms with Crippen LogP contribution < -0.4 is 0 Å². The molecule has 8 heteroatoms. The Morgan fingerprint density at radius 3 is 2.52 bits per heavy atom.